The first-order valence-electron chi connectivity index (χ1n) is 11.9. The first-order chi connectivity index (χ1) is 18.4. The number of amides is 1. The first kappa shape index (κ1) is 25.7. The monoisotopic (exact) mass is 561 g/mol. The molecule has 11 nitrogen and oxygen atoms in total. The molecule has 1 aliphatic heterocycles. The summed E-state index contributed by atoms with van der Waals surface area (Å²) in [5.41, 5.74) is -1.88. The lowest BCUT2D eigenvalue weighted by atomic mass is 9.50. The molecule has 4 heterocycles. The molecule has 2 unspecified atom stereocenters. The van der Waals surface area contributed by atoms with E-state index < -0.39 is 48.7 Å². The van der Waals surface area contributed by atoms with Crippen LogP contribution in [0.1, 0.15) is 48.7 Å². The zero-order valence-corrected chi connectivity index (χ0v) is 19.9. The predicted molar refractivity (Wildman–Crippen MR) is 117 cm³/mol. The Bertz CT molecular complexity index is 1390. The van der Waals surface area contributed by atoms with Gasteiger partial charge in [-0.25, -0.2) is 14.8 Å². The molecule has 17 heteroatoms. The molecule has 2 atom stereocenters. The summed E-state index contributed by atoms with van der Waals surface area (Å²) in [6.07, 6.45) is -6.49. The Labute approximate surface area is 215 Å². The standard InChI is InChI=1S/C22H21F6N7O4/c23-21(24,25)13-6-29-18(35-7-11(30-17(13)35)8-38-22(26,27)28)31-16-2-14(33-34-16)15-1-12(9-37-15)39-19(36)32-20-3-10(4-20)5-20/h2,6-7,10,12,15H,1,3-5,8-9H2,(H,32,36)(H2,29,31,33,34). The minimum Gasteiger partial charge on any atom is -0.444 e. The van der Waals surface area contributed by atoms with Gasteiger partial charge in [-0.3, -0.25) is 14.2 Å². The van der Waals surface area contributed by atoms with E-state index in [1.807, 2.05) is 0 Å². The van der Waals surface area contributed by atoms with E-state index in [2.05, 4.69) is 35.5 Å². The maximum absolute atomic E-state index is 13.5. The van der Waals surface area contributed by atoms with Crippen LogP contribution in [0.3, 0.4) is 0 Å². The highest BCUT2D eigenvalue weighted by molar-refractivity contribution is 5.69. The molecule has 210 valence electrons. The largest absolute Gasteiger partial charge is 0.522 e. The third-order valence-corrected chi connectivity index (χ3v) is 7.05. The molecule has 2 bridgehead atoms. The van der Waals surface area contributed by atoms with Crippen molar-refractivity contribution < 1.29 is 45.3 Å². The van der Waals surface area contributed by atoms with Crippen molar-refractivity contribution in [1.29, 1.82) is 0 Å². The van der Waals surface area contributed by atoms with Crippen molar-refractivity contribution >= 4 is 23.5 Å². The molecule has 3 saturated carbocycles. The summed E-state index contributed by atoms with van der Waals surface area (Å²) in [6.45, 7) is -0.912. The number of alkyl carbamates (subject to hydrolysis) is 1. The van der Waals surface area contributed by atoms with E-state index >= 15 is 0 Å². The molecule has 39 heavy (non-hydrogen) atoms. The van der Waals surface area contributed by atoms with Gasteiger partial charge in [0.1, 0.15) is 17.8 Å². The number of fused-ring (bicyclic) bond motifs is 1. The summed E-state index contributed by atoms with van der Waals surface area (Å²) >= 11 is 0. The van der Waals surface area contributed by atoms with Gasteiger partial charge >= 0.3 is 18.6 Å². The molecule has 0 aromatic carbocycles. The van der Waals surface area contributed by atoms with Crippen molar-refractivity contribution in [2.45, 2.75) is 62.6 Å². The van der Waals surface area contributed by atoms with Gasteiger partial charge in [0.05, 0.1) is 24.6 Å². The number of anilines is 2. The normalized spacial score (nSPS) is 26.3. The molecule has 3 aliphatic carbocycles. The van der Waals surface area contributed by atoms with Crippen molar-refractivity contribution in [1.82, 2.24) is 29.9 Å². The lowest BCUT2D eigenvalue weighted by Crippen LogP contribution is -2.68. The number of ether oxygens (including phenoxy) is 3. The number of rotatable bonds is 7. The minimum atomic E-state index is -4.99. The van der Waals surface area contributed by atoms with Gasteiger partial charge in [-0.1, -0.05) is 0 Å². The van der Waals surface area contributed by atoms with Crippen molar-refractivity contribution in [3.05, 3.63) is 35.4 Å². The van der Waals surface area contributed by atoms with Crippen LogP contribution in [0.25, 0.3) is 5.65 Å². The van der Waals surface area contributed by atoms with E-state index in [1.165, 1.54) is 6.07 Å². The van der Waals surface area contributed by atoms with Crippen LogP contribution in [-0.4, -0.2) is 55.3 Å². The SMILES string of the molecule is O=C(NC12CC(C1)C2)OC1COC(c2cc(Nc3ncc(C(F)(F)F)c4nc(COC(F)(F)F)cn34)n[nH]2)C1. The van der Waals surface area contributed by atoms with Crippen LogP contribution < -0.4 is 10.6 Å². The number of aromatic nitrogens is 5. The maximum atomic E-state index is 13.5. The van der Waals surface area contributed by atoms with Crippen molar-refractivity contribution in [2.75, 3.05) is 11.9 Å². The van der Waals surface area contributed by atoms with Gasteiger partial charge < -0.3 is 20.1 Å². The first-order valence-corrected chi connectivity index (χ1v) is 11.9. The number of imidazole rings is 1. The average Bonchev–Trinajstić information content (AvgIpc) is 3.52. The van der Waals surface area contributed by atoms with E-state index in [4.69, 9.17) is 9.47 Å². The molecule has 3 N–H and O–H groups in total. The number of hydrogen-bond acceptors (Lipinski definition) is 8. The van der Waals surface area contributed by atoms with E-state index in [1.54, 1.807) is 0 Å². The molecule has 0 radical (unpaired) electrons. The van der Waals surface area contributed by atoms with E-state index in [-0.39, 0.29) is 29.6 Å². The highest BCUT2D eigenvalue weighted by Crippen LogP contribution is 2.57. The Hall–Kier alpha value is -3.60. The number of carbonyl (C=O) groups is 1. The van der Waals surface area contributed by atoms with Gasteiger partial charge in [0.2, 0.25) is 5.95 Å². The second kappa shape index (κ2) is 8.97. The summed E-state index contributed by atoms with van der Waals surface area (Å²) in [5, 5.41) is 12.5. The number of aromatic amines is 1. The molecule has 0 spiro atoms. The fourth-order valence-electron chi connectivity index (χ4n) is 5.15. The minimum absolute atomic E-state index is 0.107. The van der Waals surface area contributed by atoms with Crippen LogP contribution in [0.4, 0.5) is 42.9 Å². The van der Waals surface area contributed by atoms with Gasteiger partial charge in [-0.05, 0) is 25.2 Å². The molecule has 7 rings (SSSR count). The number of carbonyl (C=O) groups excluding carboxylic acids is 1. The third-order valence-electron chi connectivity index (χ3n) is 7.05. The van der Waals surface area contributed by atoms with Crippen LogP contribution in [0.2, 0.25) is 0 Å². The van der Waals surface area contributed by atoms with Gasteiger partial charge in [-0.15, -0.1) is 13.2 Å². The summed E-state index contributed by atoms with van der Waals surface area (Å²) in [6, 6.07) is 1.53. The van der Waals surface area contributed by atoms with Crippen molar-refractivity contribution in [2.24, 2.45) is 5.92 Å². The molecule has 3 aromatic heterocycles. The fourth-order valence-corrected chi connectivity index (χ4v) is 5.15. The van der Waals surface area contributed by atoms with Gasteiger partial charge in [0.15, 0.2) is 11.5 Å². The average molecular weight is 561 g/mol. The molecule has 1 saturated heterocycles. The second-order valence-corrected chi connectivity index (χ2v) is 9.96. The van der Waals surface area contributed by atoms with Gasteiger partial charge in [0.25, 0.3) is 0 Å². The molecule has 3 aromatic rings. The van der Waals surface area contributed by atoms with Gasteiger partial charge in [0, 0.05) is 30.4 Å². The Morgan fingerprint density at radius 2 is 2.00 bits per heavy atom. The number of halogens is 6. The lowest BCUT2D eigenvalue weighted by molar-refractivity contribution is -0.330. The molecular weight excluding hydrogens is 540 g/mol. The summed E-state index contributed by atoms with van der Waals surface area (Å²) < 4.78 is 93.4. The number of alkyl halides is 6. The number of H-pyrrole nitrogens is 1. The fraction of sp³-hybridized carbons (Fsp3) is 0.545. The second-order valence-electron chi connectivity index (χ2n) is 9.96. The Kier molecular flexibility index (Phi) is 5.90. The van der Waals surface area contributed by atoms with Crippen LogP contribution in [0.15, 0.2) is 18.5 Å². The topological polar surface area (TPSA) is 128 Å². The van der Waals surface area contributed by atoms with E-state index in [0.29, 0.717) is 24.2 Å². The zero-order chi connectivity index (χ0) is 27.6. The Morgan fingerprint density at radius 3 is 2.67 bits per heavy atom. The van der Waals surface area contributed by atoms with Crippen molar-refractivity contribution in [3.63, 3.8) is 0 Å². The summed E-state index contributed by atoms with van der Waals surface area (Å²) in [5.74, 6) is 0.677. The van der Waals surface area contributed by atoms with E-state index in [9.17, 15) is 31.1 Å². The highest BCUT2D eigenvalue weighted by atomic mass is 19.4. The molecule has 1 amide bonds. The zero-order valence-electron chi connectivity index (χ0n) is 19.9. The quantitative estimate of drug-likeness (QED) is 0.363. The highest BCUT2D eigenvalue weighted by Gasteiger charge is 2.57. The lowest BCUT2D eigenvalue weighted by Gasteiger charge is -2.61. The van der Waals surface area contributed by atoms with Crippen LogP contribution in [-0.2, 0) is 27.0 Å². The Balaban J connectivity index is 1.13. The summed E-state index contributed by atoms with van der Waals surface area (Å²) in [4.78, 5) is 19.6. The van der Waals surface area contributed by atoms with Crippen LogP contribution >= 0.6 is 0 Å². The number of nitrogens with one attached hydrogen (secondary N) is 3. The van der Waals surface area contributed by atoms with Crippen LogP contribution in [0.5, 0.6) is 0 Å². The molecule has 4 fully saturated rings. The van der Waals surface area contributed by atoms with Gasteiger partial charge in [-0.2, -0.15) is 18.3 Å². The van der Waals surface area contributed by atoms with E-state index in [0.717, 1.165) is 29.9 Å². The third kappa shape index (κ3) is 5.19. The Morgan fingerprint density at radius 1 is 1.23 bits per heavy atom. The maximum Gasteiger partial charge on any atom is 0.522 e. The molecular formula is C22H21F6N7O4. The van der Waals surface area contributed by atoms with Crippen LogP contribution in [0, 0.1) is 5.92 Å². The van der Waals surface area contributed by atoms with Crippen molar-refractivity contribution in [3.8, 4) is 0 Å². The number of hydrogen-bond donors (Lipinski definition) is 3. The number of nitrogens with zero attached hydrogens (tertiary/aromatic N) is 4. The molecule has 4 aliphatic rings. The summed E-state index contributed by atoms with van der Waals surface area (Å²) in [7, 11) is 0. The predicted octanol–water partition coefficient (Wildman–Crippen LogP) is 4.36. The smallest absolute Gasteiger partial charge is 0.444 e.